The van der Waals surface area contributed by atoms with Crippen molar-refractivity contribution in [1.29, 1.82) is 0 Å². The number of ether oxygens (including phenoxy) is 1. The minimum absolute atomic E-state index is 0.199. The first kappa shape index (κ1) is 21.2. The zero-order valence-corrected chi connectivity index (χ0v) is 16.7. The molecule has 7 nitrogen and oxygen atoms in total. The van der Waals surface area contributed by atoms with Crippen LogP contribution in [0.15, 0.2) is 72.4 Å². The van der Waals surface area contributed by atoms with Gasteiger partial charge in [0, 0.05) is 6.54 Å². The van der Waals surface area contributed by atoms with Crippen LogP contribution in [0.25, 0.3) is 0 Å². The Balaban J connectivity index is 1.52. The van der Waals surface area contributed by atoms with Crippen molar-refractivity contribution in [2.45, 2.75) is 25.1 Å². The second kappa shape index (κ2) is 9.80. The molecule has 1 heterocycles. The van der Waals surface area contributed by atoms with Crippen LogP contribution in [-0.4, -0.2) is 43.7 Å². The van der Waals surface area contributed by atoms with Crippen molar-refractivity contribution in [3.8, 4) is 0 Å². The summed E-state index contributed by atoms with van der Waals surface area (Å²) in [6.07, 6.45) is 1.04. The van der Waals surface area contributed by atoms with Crippen LogP contribution in [0, 0.1) is 0 Å². The quantitative estimate of drug-likeness (QED) is 0.608. The zero-order chi connectivity index (χ0) is 20.7. The van der Waals surface area contributed by atoms with E-state index in [1.165, 1.54) is 4.90 Å². The molecule has 1 aliphatic heterocycles. The predicted octanol–water partition coefficient (Wildman–Crippen LogP) is 1.76. The Morgan fingerprint density at radius 1 is 1.07 bits per heavy atom. The third-order valence-electron chi connectivity index (χ3n) is 4.47. The number of rotatable bonds is 9. The van der Waals surface area contributed by atoms with Crippen LogP contribution in [0.3, 0.4) is 0 Å². The molecule has 154 valence electrons. The lowest BCUT2D eigenvalue weighted by atomic mass is 10.2. The van der Waals surface area contributed by atoms with Gasteiger partial charge in [-0.15, -0.1) is 0 Å². The SMILES string of the molecule is O=C(CNS(=O)(=O)Cc1ccccc1)N1CCC=C1C(O)OCc1ccccc1. The number of nitrogens with one attached hydrogen (secondary N) is 1. The van der Waals surface area contributed by atoms with E-state index in [1.54, 1.807) is 36.4 Å². The lowest BCUT2D eigenvalue weighted by Gasteiger charge is -2.24. The van der Waals surface area contributed by atoms with Gasteiger partial charge in [0.05, 0.1) is 24.6 Å². The Kier molecular flexibility index (Phi) is 7.16. The summed E-state index contributed by atoms with van der Waals surface area (Å²) in [6, 6.07) is 18.1. The van der Waals surface area contributed by atoms with Gasteiger partial charge in [0.15, 0.2) is 6.29 Å². The van der Waals surface area contributed by atoms with Gasteiger partial charge in [-0.2, -0.15) is 0 Å². The van der Waals surface area contributed by atoms with Gasteiger partial charge in [0.25, 0.3) is 0 Å². The molecule has 0 radical (unpaired) electrons. The third kappa shape index (κ3) is 6.23. The van der Waals surface area contributed by atoms with Gasteiger partial charge in [-0.1, -0.05) is 66.7 Å². The molecule has 1 amide bonds. The van der Waals surface area contributed by atoms with Gasteiger partial charge in [0.2, 0.25) is 15.9 Å². The first-order chi connectivity index (χ1) is 13.9. The van der Waals surface area contributed by atoms with Gasteiger partial charge in [-0.3, -0.25) is 4.79 Å². The summed E-state index contributed by atoms with van der Waals surface area (Å²) >= 11 is 0. The summed E-state index contributed by atoms with van der Waals surface area (Å²) in [5.74, 6) is -0.639. The van der Waals surface area contributed by atoms with E-state index < -0.39 is 22.2 Å². The highest BCUT2D eigenvalue weighted by molar-refractivity contribution is 7.88. The molecule has 8 heteroatoms. The molecule has 1 unspecified atom stereocenters. The maximum atomic E-state index is 12.5. The average Bonchev–Trinajstić information content (AvgIpc) is 3.22. The summed E-state index contributed by atoms with van der Waals surface area (Å²) in [7, 11) is -3.65. The number of hydrogen-bond acceptors (Lipinski definition) is 5. The Bertz CT molecular complexity index is 946. The maximum absolute atomic E-state index is 12.5. The maximum Gasteiger partial charge on any atom is 0.241 e. The molecule has 0 spiro atoms. The molecule has 0 saturated carbocycles. The van der Waals surface area contributed by atoms with E-state index in [0.29, 0.717) is 24.2 Å². The number of hydrogen-bond donors (Lipinski definition) is 2. The highest BCUT2D eigenvalue weighted by Crippen LogP contribution is 2.20. The van der Waals surface area contributed by atoms with Crippen molar-refractivity contribution in [2.75, 3.05) is 13.1 Å². The van der Waals surface area contributed by atoms with Crippen LogP contribution in [-0.2, 0) is 31.9 Å². The fourth-order valence-electron chi connectivity index (χ4n) is 3.03. The van der Waals surface area contributed by atoms with E-state index in [1.807, 2.05) is 30.3 Å². The largest absolute Gasteiger partial charge is 0.363 e. The summed E-state index contributed by atoms with van der Waals surface area (Å²) < 4.78 is 32.3. The lowest BCUT2D eigenvalue weighted by molar-refractivity contribution is -0.134. The van der Waals surface area contributed by atoms with Gasteiger partial charge in [-0.05, 0) is 17.5 Å². The number of sulfonamides is 1. The number of nitrogens with zero attached hydrogens (tertiary/aromatic N) is 1. The Hall–Kier alpha value is -2.52. The Labute approximate surface area is 170 Å². The minimum atomic E-state index is -3.65. The summed E-state index contributed by atoms with van der Waals surface area (Å²) in [4.78, 5) is 13.9. The monoisotopic (exact) mass is 416 g/mol. The van der Waals surface area contributed by atoms with E-state index in [-0.39, 0.29) is 18.9 Å². The van der Waals surface area contributed by atoms with Crippen molar-refractivity contribution in [2.24, 2.45) is 0 Å². The van der Waals surface area contributed by atoms with Crippen LogP contribution >= 0.6 is 0 Å². The fraction of sp³-hybridized carbons (Fsp3) is 0.286. The molecular formula is C21H24N2O5S. The van der Waals surface area contributed by atoms with Gasteiger partial charge in [0.1, 0.15) is 0 Å². The lowest BCUT2D eigenvalue weighted by Crippen LogP contribution is -2.41. The van der Waals surface area contributed by atoms with Crippen molar-refractivity contribution in [3.63, 3.8) is 0 Å². The number of carbonyl (C=O) groups excluding carboxylic acids is 1. The molecule has 29 heavy (non-hydrogen) atoms. The smallest absolute Gasteiger partial charge is 0.241 e. The zero-order valence-electron chi connectivity index (χ0n) is 15.9. The number of aliphatic hydroxyl groups excluding tert-OH is 1. The van der Waals surface area contributed by atoms with Crippen molar-refractivity contribution >= 4 is 15.9 Å². The van der Waals surface area contributed by atoms with Gasteiger partial charge in [-0.25, -0.2) is 13.1 Å². The minimum Gasteiger partial charge on any atom is -0.363 e. The Morgan fingerprint density at radius 2 is 1.69 bits per heavy atom. The fourth-order valence-corrected chi connectivity index (χ4v) is 4.11. The molecule has 2 N–H and O–H groups in total. The first-order valence-corrected chi connectivity index (χ1v) is 10.9. The van der Waals surface area contributed by atoms with E-state index in [0.717, 1.165) is 5.56 Å². The van der Waals surface area contributed by atoms with Gasteiger partial charge < -0.3 is 14.7 Å². The molecular weight excluding hydrogens is 392 g/mol. The predicted molar refractivity (Wildman–Crippen MR) is 109 cm³/mol. The second-order valence-electron chi connectivity index (χ2n) is 6.68. The molecule has 0 bridgehead atoms. The summed E-state index contributed by atoms with van der Waals surface area (Å²) in [5.41, 5.74) is 1.88. The Morgan fingerprint density at radius 3 is 2.34 bits per heavy atom. The molecule has 1 atom stereocenters. The molecule has 2 aromatic carbocycles. The molecule has 2 aromatic rings. The number of benzene rings is 2. The van der Waals surface area contributed by atoms with Gasteiger partial charge >= 0.3 is 0 Å². The van der Waals surface area contributed by atoms with E-state index in [2.05, 4.69) is 4.72 Å². The second-order valence-corrected chi connectivity index (χ2v) is 8.48. The first-order valence-electron chi connectivity index (χ1n) is 9.30. The third-order valence-corrected chi connectivity index (χ3v) is 5.76. The summed E-state index contributed by atoms with van der Waals surface area (Å²) in [6.45, 7) is 0.198. The van der Waals surface area contributed by atoms with Crippen LogP contribution in [0.1, 0.15) is 17.5 Å². The highest BCUT2D eigenvalue weighted by atomic mass is 32.2. The van der Waals surface area contributed by atoms with Crippen LogP contribution in [0.2, 0.25) is 0 Å². The number of amides is 1. The van der Waals surface area contributed by atoms with E-state index in [4.69, 9.17) is 4.74 Å². The van der Waals surface area contributed by atoms with Crippen molar-refractivity contribution < 1.29 is 23.1 Å². The number of aliphatic hydroxyl groups is 1. The molecule has 0 aromatic heterocycles. The molecule has 0 fully saturated rings. The molecule has 1 aliphatic rings. The van der Waals surface area contributed by atoms with Crippen LogP contribution in [0.4, 0.5) is 0 Å². The van der Waals surface area contributed by atoms with Crippen LogP contribution < -0.4 is 4.72 Å². The number of carbonyl (C=O) groups is 1. The molecule has 0 saturated heterocycles. The van der Waals surface area contributed by atoms with Crippen molar-refractivity contribution in [1.82, 2.24) is 9.62 Å². The highest BCUT2D eigenvalue weighted by Gasteiger charge is 2.28. The molecule has 0 aliphatic carbocycles. The van der Waals surface area contributed by atoms with E-state index in [9.17, 15) is 18.3 Å². The van der Waals surface area contributed by atoms with Crippen molar-refractivity contribution in [3.05, 3.63) is 83.6 Å². The summed E-state index contributed by atoms with van der Waals surface area (Å²) in [5, 5.41) is 10.3. The van der Waals surface area contributed by atoms with Crippen LogP contribution in [0.5, 0.6) is 0 Å². The van der Waals surface area contributed by atoms with E-state index >= 15 is 0 Å². The normalized spacial score (nSPS) is 15.2. The molecule has 3 rings (SSSR count). The average molecular weight is 416 g/mol. The topological polar surface area (TPSA) is 95.9 Å². The standard InChI is InChI=1S/C21H24N2O5S/c24-20(14-22-29(26,27)16-18-10-5-2-6-11-18)23-13-7-12-19(23)21(25)28-15-17-8-3-1-4-9-17/h1-6,8-12,21-22,25H,7,13-16H2.